The Morgan fingerprint density at radius 1 is 1.21 bits per heavy atom. The number of benzene rings is 1. The Bertz CT molecular complexity index is 1310. The molecule has 0 radical (unpaired) electrons. The summed E-state index contributed by atoms with van der Waals surface area (Å²) >= 11 is 1.25. The van der Waals surface area contributed by atoms with Crippen LogP contribution in [0.2, 0.25) is 0 Å². The van der Waals surface area contributed by atoms with Gasteiger partial charge in [0.15, 0.2) is 10.8 Å². The first kappa shape index (κ1) is 22.5. The Kier molecular flexibility index (Phi) is 6.03. The normalized spacial score (nSPS) is 16.6. The monoisotopic (exact) mass is 484 g/mol. The molecule has 0 bridgehead atoms. The third-order valence-electron chi connectivity index (χ3n) is 6.22. The summed E-state index contributed by atoms with van der Waals surface area (Å²) in [6.07, 6.45) is 4.94. The molecule has 3 aromatic rings. The largest absolute Gasteiger partial charge is 0.353 e. The molecule has 2 fully saturated rings. The lowest BCUT2D eigenvalue weighted by atomic mass is 9.96. The van der Waals surface area contributed by atoms with Gasteiger partial charge in [-0.3, -0.25) is 19.0 Å². The second-order valence-corrected chi connectivity index (χ2v) is 9.86. The Hall–Kier alpha value is -3.34. The van der Waals surface area contributed by atoms with Crippen LogP contribution in [0, 0.1) is 18.7 Å². The average Bonchev–Trinajstić information content (AvgIpc) is 3.52. The van der Waals surface area contributed by atoms with Crippen molar-refractivity contribution in [2.75, 3.05) is 23.3 Å². The zero-order chi connectivity index (χ0) is 23.8. The first-order valence-corrected chi connectivity index (χ1v) is 12.2. The van der Waals surface area contributed by atoms with Gasteiger partial charge in [0.1, 0.15) is 23.4 Å². The quantitative estimate of drug-likeness (QED) is 0.556. The highest BCUT2D eigenvalue weighted by atomic mass is 32.1. The number of hydrogen-bond acceptors (Lipinski definition) is 7. The predicted octanol–water partition coefficient (Wildman–Crippen LogP) is 2.43. The molecule has 178 valence electrons. The van der Waals surface area contributed by atoms with E-state index in [1.54, 1.807) is 13.0 Å². The zero-order valence-electron chi connectivity index (χ0n) is 18.7. The van der Waals surface area contributed by atoms with E-state index in [1.807, 2.05) is 0 Å². The average molecular weight is 485 g/mol. The number of aromatic nitrogens is 3. The van der Waals surface area contributed by atoms with E-state index in [2.05, 4.69) is 25.5 Å². The fraction of sp³-hybridized carbons (Fsp3) is 0.435. The van der Waals surface area contributed by atoms with Crippen LogP contribution in [-0.2, 0) is 16.1 Å². The summed E-state index contributed by atoms with van der Waals surface area (Å²) in [6, 6.07) is 4.50. The van der Waals surface area contributed by atoms with E-state index in [1.165, 1.54) is 34.4 Å². The molecule has 1 aromatic carbocycles. The van der Waals surface area contributed by atoms with Crippen molar-refractivity contribution in [2.24, 2.45) is 5.92 Å². The summed E-state index contributed by atoms with van der Waals surface area (Å²) in [6.45, 7) is 2.89. The summed E-state index contributed by atoms with van der Waals surface area (Å²) in [5.41, 5.74) is 1.08. The summed E-state index contributed by atoms with van der Waals surface area (Å²) in [5.74, 6) is -0.747. The maximum absolute atomic E-state index is 13.5. The Morgan fingerprint density at radius 2 is 1.97 bits per heavy atom. The number of anilines is 2. The number of fused-ring (bicyclic) bond motifs is 1. The van der Waals surface area contributed by atoms with Crippen LogP contribution in [0.4, 0.5) is 15.2 Å². The van der Waals surface area contributed by atoms with Crippen LogP contribution < -0.4 is 21.1 Å². The number of carbonyl (C=O) groups is 2. The minimum Gasteiger partial charge on any atom is -0.353 e. The molecule has 34 heavy (non-hydrogen) atoms. The molecule has 9 nitrogen and oxygen atoms in total. The number of carbonyl (C=O) groups excluding carboxylic acids is 2. The molecule has 0 spiro atoms. The molecule has 1 saturated heterocycles. The van der Waals surface area contributed by atoms with Gasteiger partial charge in [-0.15, -0.1) is 0 Å². The van der Waals surface area contributed by atoms with E-state index in [0.717, 1.165) is 31.2 Å². The molecule has 0 unspecified atom stereocenters. The molecule has 5 rings (SSSR count). The highest BCUT2D eigenvalue weighted by Crippen LogP contribution is 2.30. The Labute approximate surface area is 199 Å². The molecule has 3 heterocycles. The van der Waals surface area contributed by atoms with Crippen LogP contribution in [0.25, 0.3) is 10.3 Å². The zero-order valence-corrected chi connectivity index (χ0v) is 19.5. The van der Waals surface area contributed by atoms with Crippen molar-refractivity contribution in [1.29, 1.82) is 0 Å². The fourth-order valence-electron chi connectivity index (χ4n) is 4.04. The molecule has 0 atom stereocenters. The number of nitrogens with zero attached hydrogens (tertiary/aromatic N) is 4. The summed E-state index contributed by atoms with van der Waals surface area (Å²) in [7, 11) is 0. The van der Waals surface area contributed by atoms with Crippen molar-refractivity contribution in [3.05, 3.63) is 46.3 Å². The van der Waals surface area contributed by atoms with E-state index < -0.39 is 11.7 Å². The van der Waals surface area contributed by atoms with Gasteiger partial charge < -0.3 is 15.5 Å². The number of hydrogen-bond donors (Lipinski definition) is 2. The van der Waals surface area contributed by atoms with Gasteiger partial charge in [-0.05, 0) is 50.3 Å². The second kappa shape index (κ2) is 9.13. The van der Waals surface area contributed by atoms with Gasteiger partial charge in [-0.2, -0.15) is 4.98 Å². The third kappa shape index (κ3) is 4.79. The highest BCUT2D eigenvalue weighted by molar-refractivity contribution is 7.22. The molecule has 1 aliphatic heterocycles. The summed E-state index contributed by atoms with van der Waals surface area (Å²) in [4.78, 5) is 48.6. The number of thiazole rings is 1. The van der Waals surface area contributed by atoms with Gasteiger partial charge in [-0.25, -0.2) is 9.37 Å². The molecule has 2 N–H and O–H groups in total. The molecule has 1 saturated carbocycles. The van der Waals surface area contributed by atoms with Crippen LogP contribution in [0.15, 0.2) is 29.3 Å². The second-order valence-electron chi connectivity index (χ2n) is 8.88. The van der Waals surface area contributed by atoms with Crippen LogP contribution in [0.3, 0.4) is 0 Å². The lowest BCUT2D eigenvalue weighted by Gasteiger charge is -2.30. The van der Waals surface area contributed by atoms with Gasteiger partial charge in [0.25, 0.3) is 5.56 Å². The van der Waals surface area contributed by atoms with Gasteiger partial charge in [0, 0.05) is 30.7 Å². The number of halogens is 1. The number of amides is 2. The van der Waals surface area contributed by atoms with Gasteiger partial charge in [0.2, 0.25) is 11.8 Å². The number of nitrogens with one attached hydrogen (secondary N) is 2. The first-order valence-electron chi connectivity index (χ1n) is 11.3. The maximum Gasteiger partial charge on any atom is 0.273 e. The molecular formula is C23H25FN6O3S. The summed E-state index contributed by atoms with van der Waals surface area (Å²) < 4.78 is 15.1. The van der Waals surface area contributed by atoms with E-state index in [-0.39, 0.29) is 23.9 Å². The van der Waals surface area contributed by atoms with Crippen LogP contribution in [0.5, 0.6) is 0 Å². The summed E-state index contributed by atoms with van der Waals surface area (Å²) in [5, 5.41) is 6.41. The Morgan fingerprint density at radius 3 is 2.71 bits per heavy atom. The molecule has 2 aliphatic rings. The smallest absolute Gasteiger partial charge is 0.273 e. The van der Waals surface area contributed by atoms with Crippen LogP contribution >= 0.6 is 11.3 Å². The number of piperidine rings is 1. The van der Waals surface area contributed by atoms with Crippen LogP contribution in [0.1, 0.15) is 31.2 Å². The van der Waals surface area contributed by atoms with E-state index >= 15 is 0 Å². The topological polar surface area (TPSA) is 109 Å². The van der Waals surface area contributed by atoms with Crippen molar-refractivity contribution < 1.29 is 14.0 Å². The SMILES string of the molecule is Cc1ccc(F)cc1NC(=O)Cn1cnc2nc(N3CCC(C(=O)NC4CC4)CC3)sc2c1=O. The third-order valence-corrected chi connectivity index (χ3v) is 7.31. The number of aryl methyl sites for hydroxylation is 1. The van der Waals surface area contributed by atoms with Gasteiger partial charge in [0.05, 0.1) is 0 Å². The van der Waals surface area contributed by atoms with E-state index in [9.17, 15) is 18.8 Å². The van der Waals surface area contributed by atoms with E-state index in [4.69, 9.17) is 0 Å². The van der Waals surface area contributed by atoms with Crippen molar-refractivity contribution in [2.45, 2.75) is 45.2 Å². The minimum atomic E-state index is -0.453. The van der Waals surface area contributed by atoms with Crippen molar-refractivity contribution in [3.8, 4) is 0 Å². The van der Waals surface area contributed by atoms with Gasteiger partial charge in [-0.1, -0.05) is 17.4 Å². The molecule has 11 heteroatoms. The minimum absolute atomic E-state index is 0.0156. The maximum atomic E-state index is 13.5. The number of rotatable bonds is 6. The predicted molar refractivity (Wildman–Crippen MR) is 128 cm³/mol. The van der Waals surface area contributed by atoms with Crippen molar-refractivity contribution >= 4 is 44.3 Å². The first-order chi connectivity index (χ1) is 16.4. The molecular weight excluding hydrogens is 459 g/mol. The van der Waals surface area contributed by atoms with Crippen molar-refractivity contribution in [1.82, 2.24) is 19.9 Å². The van der Waals surface area contributed by atoms with E-state index in [0.29, 0.717) is 40.3 Å². The lowest BCUT2D eigenvalue weighted by Crippen LogP contribution is -2.41. The highest BCUT2D eigenvalue weighted by Gasteiger charge is 2.30. The van der Waals surface area contributed by atoms with Crippen molar-refractivity contribution in [3.63, 3.8) is 0 Å². The van der Waals surface area contributed by atoms with Crippen LogP contribution in [-0.4, -0.2) is 45.5 Å². The molecule has 2 amide bonds. The standard InChI is InChI=1S/C23H25FN6O3S/c1-13-2-3-15(24)10-17(13)27-18(31)11-30-12-25-20-19(22(30)33)34-23(28-20)29-8-6-14(7-9-29)21(32)26-16-4-5-16/h2-3,10,12,14,16H,4-9,11H2,1H3,(H,26,32)(H,27,31). The Balaban J connectivity index is 1.26. The lowest BCUT2D eigenvalue weighted by molar-refractivity contribution is -0.125. The molecule has 2 aromatic heterocycles. The molecule has 1 aliphatic carbocycles. The fourth-order valence-corrected chi connectivity index (χ4v) is 5.06. The van der Waals surface area contributed by atoms with Gasteiger partial charge >= 0.3 is 0 Å².